The minimum atomic E-state index is -0.458. The number of ether oxygens (including phenoxy) is 1. The molecule has 1 amide bonds. The molecule has 2 atom stereocenters. The number of hydrogen-bond donors (Lipinski definition) is 0. The first-order valence-electron chi connectivity index (χ1n) is 10.7. The van der Waals surface area contributed by atoms with E-state index in [1.54, 1.807) is 0 Å². The molecule has 2 fully saturated rings. The molecule has 1 aromatic carbocycles. The van der Waals surface area contributed by atoms with Crippen molar-refractivity contribution >= 4 is 18.7 Å². The van der Waals surface area contributed by atoms with E-state index in [1.807, 2.05) is 25.7 Å². The molecule has 6 heteroatoms. The van der Waals surface area contributed by atoms with E-state index in [9.17, 15) is 4.79 Å². The maximum atomic E-state index is 12.4. The second kappa shape index (κ2) is 7.62. The molecular weight excluding hydrogens is 365 g/mol. The van der Waals surface area contributed by atoms with Gasteiger partial charge in [-0.3, -0.25) is 0 Å². The Bertz CT molecular complexity index is 722. The zero-order chi connectivity index (χ0) is 21.6. The summed E-state index contributed by atoms with van der Waals surface area (Å²) in [5, 5.41) is 0. The third-order valence-corrected chi connectivity index (χ3v) is 6.45. The Morgan fingerprint density at radius 2 is 1.66 bits per heavy atom. The van der Waals surface area contributed by atoms with Gasteiger partial charge in [-0.2, -0.15) is 0 Å². The lowest BCUT2D eigenvalue weighted by Gasteiger charge is -2.37. The fourth-order valence-corrected chi connectivity index (χ4v) is 4.01. The highest BCUT2D eigenvalue weighted by Gasteiger charge is 2.51. The van der Waals surface area contributed by atoms with Crippen molar-refractivity contribution in [3.05, 3.63) is 29.8 Å². The second-order valence-corrected chi connectivity index (χ2v) is 10.6. The Balaban J connectivity index is 1.63. The molecule has 3 rings (SSSR count). The Labute approximate surface area is 176 Å². The minimum absolute atomic E-state index is 0.209. The summed E-state index contributed by atoms with van der Waals surface area (Å²) in [6.07, 6.45) is 0.731. The van der Waals surface area contributed by atoms with Crippen molar-refractivity contribution < 1.29 is 18.8 Å². The van der Waals surface area contributed by atoms with Crippen LogP contribution < -0.4 is 5.46 Å². The number of carbonyl (C=O) groups excluding carboxylic acids is 1. The van der Waals surface area contributed by atoms with Gasteiger partial charge in [-0.1, -0.05) is 31.2 Å². The van der Waals surface area contributed by atoms with Crippen molar-refractivity contribution in [2.24, 2.45) is 5.92 Å². The number of amides is 1. The van der Waals surface area contributed by atoms with Crippen LogP contribution in [0, 0.1) is 5.92 Å². The lowest BCUT2D eigenvalue weighted by Crippen LogP contribution is -2.44. The fraction of sp³-hybridized carbons (Fsp3) is 0.696. The first-order chi connectivity index (χ1) is 13.3. The first kappa shape index (κ1) is 22.2. The van der Waals surface area contributed by atoms with Crippen LogP contribution in [0.25, 0.3) is 0 Å². The number of likely N-dealkylation sites (tertiary alicyclic amines) is 1. The summed E-state index contributed by atoms with van der Waals surface area (Å²) >= 11 is 0. The van der Waals surface area contributed by atoms with Gasteiger partial charge in [-0.15, -0.1) is 0 Å². The van der Waals surface area contributed by atoms with E-state index >= 15 is 0 Å². The van der Waals surface area contributed by atoms with Gasteiger partial charge < -0.3 is 18.9 Å². The second-order valence-electron chi connectivity index (χ2n) is 10.6. The average Bonchev–Trinajstić information content (AvgIpc) is 2.81. The van der Waals surface area contributed by atoms with Gasteiger partial charge in [0.25, 0.3) is 0 Å². The molecule has 2 aliphatic rings. The lowest BCUT2D eigenvalue weighted by molar-refractivity contribution is 0.00578. The SMILES string of the molecule is CC1CN(C(=O)OC(C)(C)C)CCC1c1ccc(B2OC(C)(C)C(C)(C)O2)cc1. The van der Waals surface area contributed by atoms with Crippen molar-refractivity contribution in [2.75, 3.05) is 13.1 Å². The number of carbonyl (C=O) groups is 1. The van der Waals surface area contributed by atoms with Crippen LogP contribution in [0.2, 0.25) is 0 Å². The smallest absolute Gasteiger partial charge is 0.444 e. The van der Waals surface area contributed by atoms with Crippen molar-refractivity contribution in [1.29, 1.82) is 0 Å². The number of piperidine rings is 1. The summed E-state index contributed by atoms with van der Waals surface area (Å²) in [6, 6.07) is 8.60. The van der Waals surface area contributed by atoms with Gasteiger partial charge in [0.05, 0.1) is 11.2 Å². The molecule has 1 aromatic rings. The van der Waals surface area contributed by atoms with E-state index in [2.05, 4.69) is 58.9 Å². The van der Waals surface area contributed by atoms with Gasteiger partial charge in [-0.05, 0) is 77.7 Å². The molecule has 0 aliphatic carbocycles. The van der Waals surface area contributed by atoms with Crippen molar-refractivity contribution in [3.63, 3.8) is 0 Å². The molecule has 2 heterocycles. The zero-order valence-electron chi connectivity index (χ0n) is 19.2. The molecule has 0 N–H and O–H groups in total. The number of hydrogen-bond acceptors (Lipinski definition) is 4. The molecule has 0 bridgehead atoms. The molecule has 0 radical (unpaired) electrons. The first-order valence-corrected chi connectivity index (χ1v) is 10.7. The molecule has 160 valence electrons. The molecule has 0 aromatic heterocycles. The van der Waals surface area contributed by atoms with Gasteiger partial charge in [0.15, 0.2) is 0 Å². The van der Waals surface area contributed by atoms with E-state index < -0.39 is 5.60 Å². The highest BCUT2D eigenvalue weighted by Crippen LogP contribution is 2.37. The molecule has 2 saturated heterocycles. The zero-order valence-corrected chi connectivity index (χ0v) is 19.2. The van der Waals surface area contributed by atoms with Gasteiger partial charge in [0.2, 0.25) is 0 Å². The average molecular weight is 401 g/mol. The predicted molar refractivity (Wildman–Crippen MR) is 116 cm³/mol. The summed E-state index contributed by atoms with van der Waals surface area (Å²) in [5.41, 5.74) is 1.23. The van der Waals surface area contributed by atoms with Crippen LogP contribution >= 0.6 is 0 Å². The van der Waals surface area contributed by atoms with Gasteiger partial charge in [0, 0.05) is 13.1 Å². The Morgan fingerprint density at radius 1 is 1.10 bits per heavy atom. The maximum absolute atomic E-state index is 12.4. The normalized spacial score (nSPS) is 26.5. The Hall–Kier alpha value is -1.53. The molecule has 2 aliphatic heterocycles. The standard InChI is InChI=1S/C23H36BNO4/c1-16-15-25(20(26)27-21(2,3)4)14-13-19(16)17-9-11-18(12-10-17)24-28-22(5,6)23(7,8)29-24/h9-12,16,19H,13-15H2,1-8H3. The number of nitrogens with zero attached hydrogens (tertiary/aromatic N) is 1. The molecule has 2 unspecified atom stereocenters. The monoisotopic (exact) mass is 401 g/mol. The molecular formula is C23H36BNO4. The van der Waals surface area contributed by atoms with E-state index in [0.29, 0.717) is 11.8 Å². The maximum Gasteiger partial charge on any atom is 0.494 e. The summed E-state index contributed by atoms with van der Waals surface area (Å²) in [5.74, 6) is 0.806. The van der Waals surface area contributed by atoms with Gasteiger partial charge >= 0.3 is 13.2 Å². The largest absolute Gasteiger partial charge is 0.494 e. The van der Waals surface area contributed by atoms with Crippen LogP contribution in [0.5, 0.6) is 0 Å². The van der Waals surface area contributed by atoms with E-state index in [0.717, 1.165) is 25.0 Å². The molecule has 29 heavy (non-hydrogen) atoms. The number of rotatable bonds is 2. The quantitative estimate of drug-likeness (QED) is 0.692. The van der Waals surface area contributed by atoms with Crippen LogP contribution in [0.3, 0.4) is 0 Å². The van der Waals surface area contributed by atoms with Crippen molar-refractivity contribution in [1.82, 2.24) is 4.90 Å². The summed E-state index contributed by atoms with van der Waals surface area (Å²) in [6.45, 7) is 17.7. The van der Waals surface area contributed by atoms with Crippen LogP contribution in [0.4, 0.5) is 4.79 Å². The fourth-order valence-electron chi connectivity index (χ4n) is 4.01. The van der Waals surface area contributed by atoms with E-state index in [-0.39, 0.29) is 24.4 Å². The Kier molecular flexibility index (Phi) is 5.83. The van der Waals surface area contributed by atoms with Crippen LogP contribution in [0.1, 0.15) is 73.3 Å². The van der Waals surface area contributed by atoms with Crippen LogP contribution in [-0.2, 0) is 14.0 Å². The van der Waals surface area contributed by atoms with Crippen LogP contribution in [0.15, 0.2) is 24.3 Å². The number of benzene rings is 1. The van der Waals surface area contributed by atoms with E-state index in [4.69, 9.17) is 14.0 Å². The summed E-state index contributed by atoms with van der Waals surface area (Å²) in [4.78, 5) is 14.2. The van der Waals surface area contributed by atoms with Gasteiger partial charge in [-0.25, -0.2) is 4.79 Å². The highest BCUT2D eigenvalue weighted by atomic mass is 16.7. The highest BCUT2D eigenvalue weighted by molar-refractivity contribution is 6.62. The predicted octanol–water partition coefficient (Wildman–Crippen LogP) is 4.35. The summed E-state index contributed by atoms with van der Waals surface area (Å²) < 4.78 is 17.8. The molecule has 0 spiro atoms. The van der Waals surface area contributed by atoms with Crippen molar-refractivity contribution in [2.45, 2.75) is 84.5 Å². The van der Waals surface area contributed by atoms with Crippen molar-refractivity contribution in [3.8, 4) is 0 Å². The molecule has 0 saturated carbocycles. The van der Waals surface area contributed by atoms with Gasteiger partial charge in [0.1, 0.15) is 5.60 Å². The molecule has 5 nitrogen and oxygen atoms in total. The third kappa shape index (κ3) is 4.80. The lowest BCUT2D eigenvalue weighted by atomic mass is 9.76. The third-order valence-electron chi connectivity index (χ3n) is 6.45. The minimum Gasteiger partial charge on any atom is -0.444 e. The van der Waals surface area contributed by atoms with E-state index in [1.165, 1.54) is 5.56 Å². The Morgan fingerprint density at radius 3 is 2.14 bits per heavy atom. The van der Waals surface area contributed by atoms with Crippen LogP contribution in [-0.4, -0.2) is 48.0 Å². The topological polar surface area (TPSA) is 48.0 Å². The summed E-state index contributed by atoms with van der Waals surface area (Å²) in [7, 11) is -0.333.